The van der Waals surface area contributed by atoms with Gasteiger partial charge in [-0.25, -0.2) is 0 Å². The van der Waals surface area contributed by atoms with Crippen molar-refractivity contribution in [2.45, 2.75) is 19.4 Å². The lowest BCUT2D eigenvalue weighted by atomic mass is 9.97. The van der Waals surface area contributed by atoms with Gasteiger partial charge in [-0.1, -0.05) is 36.3 Å². The number of benzene rings is 1. The van der Waals surface area contributed by atoms with Crippen molar-refractivity contribution in [1.29, 1.82) is 0 Å². The van der Waals surface area contributed by atoms with E-state index in [2.05, 4.69) is 11.8 Å². The fraction of sp³-hybridized carbons (Fsp3) is 0.273. The quantitative estimate of drug-likeness (QED) is 0.622. The van der Waals surface area contributed by atoms with Crippen LogP contribution in [0.4, 0.5) is 0 Å². The first-order valence-corrected chi connectivity index (χ1v) is 3.88. The zero-order valence-corrected chi connectivity index (χ0v) is 7.33. The summed E-state index contributed by atoms with van der Waals surface area (Å²) in [6.07, 6.45) is 0. The molecule has 1 nitrogen and oxygen atoms in total. The van der Waals surface area contributed by atoms with Gasteiger partial charge in [-0.3, -0.25) is 0 Å². The Labute approximate surface area is 73.0 Å². The van der Waals surface area contributed by atoms with Gasteiger partial charge in [-0.2, -0.15) is 0 Å². The molecule has 0 aliphatic rings. The summed E-state index contributed by atoms with van der Waals surface area (Å²) in [5, 5.41) is 9.81. The summed E-state index contributed by atoms with van der Waals surface area (Å²) in [6.45, 7) is 3.41. The maximum Gasteiger partial charge on any atom is 0.148 e. The summed E-state index contributed by atoms with van der Waals surface area (Å²) in [5.74, 6) is 5.45. The zero-order valence-electron chi connectivity index (χ0n) is 7.33. The van der Waals surface area contributed by atoms with Gasteiger partial charge in [0.05, 0.1) is 0 Å². The lowest BCUT2D eigenvalue weighted by molar-refractivity contribution is 0.122. The molecule has 1 heteroatoms. The third-order valence-electron chi connectivity index (χ3n) is 1.70. The largest absolute Gasteiger partial charge is 0.374 e. The van der Waals surface area contributed by atoms with Crippen LogP contribution in [0.15, 0.2) is 30.3 Å². The van der Waals surface area contributed by atoms with E-state index in [1.807, 2.05) is 30.3 Å². The molecule has 0 aromatic heterocycles. The number of hydrogen-bond acceptors (Lipinski definition) is 1. The number of aliphatic hydroxyl groups is 1. The Kier molecular flexibility index (Phi) is 2.52. The molecular weight excluding hydrogens is 148 g/mol. The van der Waals surface area contributed by atoms with Gasteiger partial charge in [0.25, 0.3) is 0 Å². The smallest absolute Gasteiger partial charge is 0.148 e. The molecule has 0 aliphatic carbocycles. The standard InChI is InChI=1S/C11H12O/c1-3-9-11(2,12)10-7-5-4-6-8-10/h4-8,12H,1-2H3/t11-/m0/s1. The molecule has 0 saturated carbocycles. The van der Waals surface area contributed by atoms with Gasteiger partial charge in [0.2, 0.25) is 0 Å². The second-order valence-electron chi connectivity index (χ2n) is 2.81. The molecule has 62 valence electrons. The second-order valence-corrected chi connectivity index (χ2v) is 2.81. The molecule has 0 spiro atoms. The van der Waals surface area contributed by atoms with Gasteiger partial charge in [0.1, 0.15) is 5.60 Å². The molecule has 0 fully saturated rings. The molecule has 0 radical (unpaired) electrons. The van der Waals surface area contributed by atoms with Gasteiger partial charge >= 0.3 is 0 Å². The van der Waals surface area contributed by atoms with Gasteiger partial charge in [-0.15, -0.1) is 5.92 Å². The first kappa shape index (κ1) is 8.83. The monoisotopic (exact) mass is 160 g/mol. The molecule has 0 unspecified atom stereocenters. The normalized spacial score (nSPS) is 14.2. The van der Waals surface area contributed by atoms with Crippen molar-refractivity contribution in [1.82, 2.24) is 0 Å². The maximum atomic E-state index is 9.81. The van der Waals surface area contributed by atoms with E-state index in [0.717, 1.165) is 5.56 Å². The zero-order chi connectivity index (χ0) is 9.03. The van der Waals surface area contributed by atoms with E-state index in [1.165, 1.54) is 0 Å². The Morgan fingerprint density at radius 2 is 1.83 bits per heavy atom. The van der Waals surface area contributed by atoms with E-state index in [-0.39, 0.29) is 0 Å². The van der Waals surface area contributed by atoms with Crippen LogP contribution in [0.2, 0.25) is 0 Å². The molecule has 1 atom stereocenters. The summed E-state index contributed by atoms with van der Waals surface area (Å²) in [4.78, 5) is 0. The highest BCUT2D eigenvalue weighted by Gasteiger charge is 2.18. The minimum Gasteiger partial charge on any atom is -0.374 e. The highest BCUT2D eigenvalue weighted by atomic mass is 16.3. The first-order chi connectivity index (χ1) is 5.67. The Morgan fingerprint density at radius 3 is 2.33 bits per heavy atom. The van der Waals surface area contributed by atoms with Crippen LogP contribution in [0.25, 0.3) is 0 Å². The van der Waals surface area contributed by atoms with E-state index in [9.17, 15) is 5.11 Å². The van der Waals surface area contributed by atoms with Gasteiger partial charge < -0.3 is 5.11 Å². The fourth-order valence-electron chi connectivity index (χ4n) is 1.08. The van der Waals surface area contributed by atoms with Crippen LogP contribution in [-0.2, 0) is 5.60 Å². The van der Waals surface area contributed by atoms with E-state index < -0.39 is 5.60 Å². The van der Waals surface area contributed by atoms with Crippen molar-refractivity contribution in [3.63, 3.8) is 0 Å². The average molecular weight is 160 g/mol. The maximum absolute atomic E-state index is 9.81. The summed E-state index contributed by atoms with van der Waals surface area (Å²) in [6, 6.07) is 9.43. The lowest BCUT2D eigenvalue weighted by Gasteiger charge is -2.16. The predicted molar refractivity (Wildman–Crippen MR) is 49.5 cm³/mol. The van der Waals surface area contributed by atoms with Crippen LogP contribution in [0.5, 0.6) is 0 Å². The molecule has 1 N–H and O–H groups in total. The van der Waals surface area contributed by atoms with Crippen molar-refractivity contribution < 1.29 is 5.11 Å². The van der Waals surface area contributed by atoms with Gasteiger partial charge in [0, 0.05) is 0 Å². The molecule has 1 aromatic rings. The third kappa shape index (κ3) is 1.87. The molecule has 0 heterocycles. The van der Waals surface area contributed by atoms with Gasteiger partial charge in [-0.05, 0) is 19.4 Å². The van der Waals surface area contributed by atoms with Crippen LogP contribution in [0.1, 0.15) is 19.4 Å². The highest BCUT2D eigenvalue weighted by Crippen LogP contribution is 2.18. The molecule has 0 bridgehead atoms. The Hall–Kier alpha value is -1.26. The van der Waals surface area contributed by atoms with Crippen molar-refractivity contribution >= 4 is 0 Å². The summed E-state index contributed by atoms with van der Waals surface area (Å²) < 4.78 is 0. The fourth-order valence-corrected chi connectivity index (χ4v) is 1.08. The van der Waals surface area contributed by atoms with Crippen LogP contribution in [0, 0.1) is 11.8 Å². The van der Waals surface area contributed by atoms with E-state index in [4.69, 9.17) is 0 Å². The minimum atomic E-state index is -1.02. The molecule has 12 heavy (non-hydrogen) atoms. The van der Waals surface area contributed by atoms with Crippen molar-refractivity contribution in [3.8, 4) is 11.8 Å². The van der Waals surface area contributed by atoms with Gasteiger partial charge in [0.15, 0.2) is 0 Å². The Bertz CT molecular complexity index is 301. The lowest BCUT2D eigenvalue weighted by Crippen LogP contribution is -2.17. The van der Waals surface area contributed by atoms with Crippen LogP contribution in [0.3, 0.4) is 0 Å². The minimum absolute atomic E-state index is 0.833. The molecule has 0 saturated heterocycles. The van der Waals surface area contributed by atoms with Crippen molar-refractivity contribution in [2.24, 2.45) is 0 Å². The predicted octanol–water partition coefficient (Wildman–Crippen LogP) is 1.92. The molecular formula is C11H12O. The Balaban J connectivity index is 3.03. The first-order valence-electron chi connectivity index (χ1n) is 3.88. The highest BCUT2D eigenvalue weighted by molar-refractivity contribution is 5.29. The average Bonchev–Trinajstić information content (AvgIpc) is 2.06. The van der Waals surface area contributed by atoms with Crippen LogP contribution >= 0.6 is 0 Å². The van der Waals surface area contributed by atoms with E-state index in [0.29, 0.717) is 0 Å². The second kappa shape index (κ2) is 3.42. The van der Waals surface area contributed by atoms with E-state index >= 15 is 0 Å². The third-order valence-corrected chi connectivity index (χ3v) is 1.70. The van der Waals surface area contributed by atoms with Crippen molar-refractivity contribution in [2.75, 3.05) is 0 Å². The number of hydrogen-bond donors (Lipinski definition) is 1. The molecule has 0 amide bonds. The summed E-state index contributed by atoms with van der Waals surface area (Å²) in [5.41, 5.74) is -0.185. The molecule has 1 aromatic carbocycles. The Morgan fingerprint density at radius 1 is 1.25 bits per heavy atom. The summed E-state index contributed by atoms with van der Waals surface area (Å²) in [7, 11) is 0. The molecule has 1 rings (SSSR count). The topological polar surface area (TPSA) is 20.2 Å². The summed E-state index contributed by atoms with van der Waals surface area (Å²) >= 11 is 0. The van der Waals surface area contributed by atoms with Crippen LogP contribution < -0.4 is 0 Å². The van der Waals surface area contributed by atoms with Crippen molar-refractivity contribution in [3.05, 3.63) is 35.9 Å². The van der Waals surface area contributed by atoms with Crippen LogP contribution in [-0.4, -0.2) is 5.11 Å². The SMILES string of the molecule is CC#C[C@](C)(O)c1ccccc1. The number of rotatable bonds is 1. The van der Waals surface area contributed by atoms with E-state index in [1.54, 1.807) is 13.8 Å². The molecule has 0 aliphatic heterocycles.